The van der Waals surface area contributed by atoms with Gasteiger partial charge in [0.25, 0.3) is 0 Å². The van der Waals surface area contributed by atoms with Crippen molar-refractivity contribution in [3.8, 4) is 0 Å². The van der Waals surface area contributed by atoms with Gasteiger partial charge in [-0.05, 0) is 23.3 Å². The van der Waals surface area contributed by atoms with Crippen molar-refractivity contribution in [2.45, 2.75) is 12.5 Å². The Kier molecular flexibility index (Phi) is 4.04. The molecule has 0 saturated carbocycles. The average molecular weight is 329 g/mol. The summed E-state index contributed by atoms with van der Waals surface area (Å²) in [5.41, 5.74) is 9.99. The number of anilines is 1. The fraction of sp³-hybridized carbons (Fsp3) is 0.143. The molecule has 1 unspecified atom stereocenters. The minimum absolute atomic E-state index is 0.00843. The number of rotatable bonds is 4. The average Bonchev–Trinajstić information content (AvgIpc) is 2.67. The van der Waals surface area contributed by atoms with Gasteiger partial charge in [0.2, 0.25) is 0 Å². The molecule has 4 nitrogen and oxygen atoms in total. The smallest absolute Gasteiger partial charge is 0.150 e. The van der Waals surface area contributed by atoms with Crippen LogP contribution in [-0.2, 0) is 11.2 Å². The first kappa shape index (κ1) is 15.5. The highest BCUT2D eigenvalue weighted by Crippen LogP contribution is 2.29. The van der Waals surface area contributed by atoms with Crippen molar-refractivity contribution >= 4 is 27.6 Å². The molecule has 0 radical (unpaired) electrons. The van der Waals surface area contributed by atoms with E-state index in [1.165, 1.54) is 0 Å². The van der Waals surface area contributed by atoms with Crippen LogP contribution in [0.5, 0.6) is 0 Å². The maximum atomic E-state index is 6.09. The number of benzene rings is 2. The van der Waals surface area contributed by atoms with E-state index in [0.717, 1.165) is 39.4 Å². The van der Waals surface area contributed by atoms with Gasteiger partial charge in [0.15, 0.2) is 5.82 Å². The highest BCUT2D eigenvalue weighted by atomic mass is 16.5. The number of aromatic nitrogens is 2. The summed E-state index contributed by atoms with van der Waals surface area (Å²) in [5.74, 6) is 0.464. The normalized spacial score (nSPS) is 12.5. The first-order valence-electron chi connectivity index (χ1n) is 8.27. The summed E-state index contributed by atoms with van der Waals surface area (Å²) in [4.78, 5) is 9.02. The van der Waals surface area contributed by atoms with Crippen molar-refractivity contribution in [1.29, 1.82) is 0 Å². The molecule has 4 heteroatoms. The van der Waals surface area contributed by atoms with Gasteiger partial charge in [-0.1, -0.05) is 48.5 Å². The number of para-hydroxylation sites is 1. The molecule has 0 aliphatic rings. The van der Waals surface area contributed by atoms with E-state index in [0.29, 0.717) is 5.82 Å². The first-order valence-corrected chi connectivity index (χ1v) is 8.27. The van der Waals surface area contributed by atoms with Gasteiger partial charge in [0.1, 0.15) is 5.52 Å². The molecule has 0 amide bonds. The Hall–Kier alpha value is -2.98. The first-order chi connectivity index (χ1) is 12.3. The second-order valence-electron chi connectivity index (χ2n) is 6.09. The zero-order chi connectivity index (χ0) is 17.2. The number of pyridine rings is 2. The topological polar surface area (TPSA) is 61.0 Å². The quantitative estimate of drug-likeness (QED) is 0.567. The van der Waals surface area contributed by atoms with Crippen LogP contribution in [0.25, 0.3) is 21.8 Å². The highest BCUT2D eigenvalue weighted by molar-refractivity contribution is 6.08. The maximum absolute atomic E-state index is 6.09. The molecular weight excluding hydrogens is 310 g/mol. The molecule has 0 aliphatic carbocycles. The van der Waals surface area contributed by atoms with E-state index in [2.05, 4.69) is 34.2 Å². The molecule has 0 aliphatic heterocycles. The van der Waals surface area contributed by atoms with Crippen molar-refractivity contribution in [3.05, 3.63) is 78.0 Å². The van der Waals surface area contributed by atoms with Crippen molar-refractivity contribution in [3.63, 3.8) is 0 Å². The lowest BCUT2D eigenvalue weighted by Crippen LogP contribution is -2.06. The van der Waals surface area contributed by atoms with Crippen molar-refractivity contribution in [2.24, 2.45) is 0 Å². The lowest BCUT2D eigenvalue weighted by Gasteiger charge is -2.16. The maximum Gasteiger partial charge on any atom is 0.150 e. The third-order valence-electron chi connectivity index (χ3n) is 4.50. The molecule has 2 N–H and O–H groups in total. The van der Waals surface area contributed by atoms with Gasteiger partial charge in [-0.15, -0.1) is 0 Å². The largest absolute Gasteiger partial charge is 0.382 e. The Morgan fingerprint density at radius 2 is 1.76 bits per heavy atom. The van der Waals surface area contributed by atoms with E-state index in [-0.39, 0.29) is 6.10 Å². The Morgan fingerprint density at radius 3 is 2.56 bits per heavy atom. The third-order valence-corrected chi connectivity index (χ3v) is 4.50. The molecule has 1 atom stereocenters. The van der Waals surface area contributed by atoms with Gasteiger partial charge in [-0.25, -0.2) is 4.98 Å². The summed E-state index contributed by atoms with van der Waals surface area (Å²) in [6, 6.07) is 20.4. The van der Waals surface area contributed by atoms with E-state index < -0.39 is 0 Å². The number of nitrogens with zero attached hydrogens (tertiary/aromatic N) is 2. The molecule has 0 bridgehead atoms. The van der Waals surface area contributed by atoms with Crippen LogP contribution >= 0.6 is 0 Å². The number of ether oxygens (including phenoxy) is 1. The van der Waals surface area contributed by atoms with E-state index in [1.807, 2.05) is 42.6 Å². The van der Waals surface area contributed by atoms with Crippen LogP contribution in [0.2, 0.25) is 0 Å². The molecule has 2 heterocycles. The number of hydrogen-bond acceptors (Lipinski definition) is 4. The fourth-order valence-electron chi connectivity index (χ4n) is 3.23. The number of nitrogen functional groups attached to an aromatic ring is 1. The molecular formula is C21H19N3O. The Morgan fingerprint density at radius 1 is 1.00 bits per heavy atom. The second kappa shape index (κ2) is 6.49. The number of hydrogen-bond donors (Lipinski definition) is 1. The highest BCUT2D eigenvalue weighted by Gasteiger charge is 2.13. The van der Waals surface area contributed by atoms with Crippen LogP contribution in [0.3, 0.4) is 0 Å². The SMILES string of the molecule is COC(Cc1cnc2c(N)nc3ccccc3c2c1)c1ccccc1. The monoisotopic (exact) mass is 329 g/mol. The van der Waals surface area contributed by atoms with Crippen LogP contribution in [0, 0.1) is 0 Å². The van der Waals surface area contributed by atoms with Gasteiger partial charge < -0.3 is 10.5 Å². The zero-order valence-electron chi connectivity index (χ0n) is 14.0. The van der Waals surface area contributed by atoms with Crippen LogP contribution < -0.4 is 5.73 Å². The van der Waals surface area contributed by atoms with Crippen molar-refractivity contribution < 1.29 is 4.74 Å². The molecule has 4 rings (SSSR count). The lowest BCUT2D eigenvalue weighted by atomic mass is 10.0. The summed E-state index contributed by atoms with van der Waals surface area (Å²) in [6.07, 6.45) is 2.61. The molecule has 0 saturated heterocycles. The fourth-order valence-corrected chi connectivity index (χ4v) is 3.23. The summed E-state index contributed by atoms with van der Waals surface area (Å²) in [5, 5.41) is 2.10. The van der Waals surface area contributed by atoms with E-state index in [4.69, 9.17) is 10.5 Å². The molecule has 0 spiro atoms. The van der Waals surface area contributed by atoms with Crippen LogP contribution in [0.15, 0.2) is 66.9 Å². The van der Waals surface area contributed by atoms with Gasteiger partial charge >= 0.3 is 0 Å². The predicted octanol–water partition coefficient (Wildman–Crippen LogP) is 4.30. The second-order valence-corrected chi connectivity index (χ2v) is 6.09. The van der Waals surface area contributed by atoms with E-state index >= 15 is 0 Å². The summed E-state index contributed by atoms with van der Waals surface area (Å²) >= 11 is 0. The molecule has 2 aromatic carbocycles. The molecule has 124 valence electrons. The van der Waals surface area contributed by atoms with Crippen LogP contribution in [-0.4, -0.2) is 17.1 Å². The molecule has 2 aromatic heterocycles. The lowest BCUT2D eigenvalue weighted by molar-refractivity contribution is 0.104. The van der Waals surface area contributed by atoms with Gasteiger partial charge in [-0.3, -0.25) is 4.98 Å². The van der Waals surface area contributed by atoms with Gasteiger partial charge in [0.05, 0.1) is 11.6 Å². The summed E-state index contributed by atoms with van der Waals surface area (Å²) in [7, 11) is 1.74. The third kappa shape index (κ3) is 2.92. The Bertz CT molecular complexity index is 1030. The minimum Gasteiger partial charge on any atom is -0.382 e. The van der Waals surface area contributed by atoms with Gasteiger partial charge in [0, 0.05) is 30.5 Å². The van der Waals surface area contributed by atoms with Crippen LogP contribution in [0.4, 0.5) is 5.82 Å². The molecule has 4 aromatic rings. The number of fused-ring (bicyclic) bond motifs is 3. The Balaban J connectivity index is 1.79. The summed E-state index contributed by atoms with van der Waals surface area (Å²) in [6.45, 7) is 0. The zero-order valence-corrected chi connectivity index (χ0v) is 14.0. The van der Waals surface area contributed by atoms with Crippen LogP contribution in [0.1, 0.15) is 17.2 Å². The number of methoxy groups -OCH3 is 1. The van der Waals surface area contributed by atoms with Crippen molar-refractivity contribution in [1.82, 2.24) is 9.97 Å². The summed E-state index contributed by atoms with van der Waals surface area (Å²) < 4.78 is 5.70. The molecule has 25 heavy (non-hydrogen) atoms. The van der Waals surface area contributed by atoms with E-state index in [9.17, 15) is 0 Å². The molecule has 0 fully saturated rings. The van der Waals surface area contributed by atoms with Crippen molar-refractivity contribution in [2.75, 3.05) is 12.8 Å². The standard InChI is InChI=1S/C21H19N3O/c1-25-19(15-7-3-2-4-8-15)12-14-11-17-16-9-5-6-10-18(16)24-21(22)20(17)23-13-14/h2-11,13,19H,12H2,1H3,(H2,22,24). The van der Waals surface area contributed by atoms with E-state index in [1.54, 1.807) is 7.11 Å². The predicted molar refractivity (Wildman–Crippen MR) is 101 cm³/mol. The van der Waals surface area contributed by atoms with Gasteiger partial charge in [-0.2, -0.15) is 0 Å². The Labute approximate surface area is 146 Å². The minimum atomic E-state index is -0.00843. The number of nitrogens with two attached hydrogens (primary N) is 1.